The molecule has 2 aliphatic rings. The highest BCUT2D eigenvalue weighted by atomic mass is 16.3. The second-order valence-corrected chi connectivity index (χ2v) is 5.71. The number of aliphatic hydroxyl groups is 1. The van der Waals surface area contributed by atoms with Crippen LogP contribution < -0.4 is 0 Å². The van der Waals surface area contributed by atoms with Gasteiger partial charge in [-0.05, 0) is 31.6 Å². The van der Waals surface area contributed by atoms with Crippen molar-refractivity contribution in [3.63, 3.8) is 0 Å². The molecule has 0 radical (unpaired) electrons. The van der Waals surface area contributed by atoms with E-state index >= 15 is 0 Å². The van der Waals surface area contributed by atoms with Crippen LogP contribution in [0.1, 0.15) is 39.5 Å². The van der Waals surface area contributed by atoms with Crippen LogP contribution in [0.25, 0.3) is 0 Å². The van der Waals surface area contributed by atoms with Crippen molar-refractivity contribution in [3.05, 3.63) is 23.8 Å². The Hall–Kier alpha value is -0.890. The Labute approximate surface area is 103 Å². The van der Waals surface area contributed by atoms with Crippen LogP contribution in [0.15, 0.2) is 23.8 Å². The Morgan fingerprint density at radius 2 is 2.29 bits per heavy atom. The van der Waals surface area contributed by atoms with E-state index in [-0.39, 0.29) is 23.7 Å². The third kappa shape index (κ3) is 1.79. The van der Waals surface area contributed by atoms with Gasteiger partial charge in [-0.2, -0.15) is 0 Å². The summed E-state index contributed by atoms with van der Waals surface area (Å²) in [6.07, 6.45) is 6.60. The molecule has 0 aliphatic heterocycles. The summed E-state index contributed by atoms with van der Waals surface area (Å²) in [4.78, 5) is 12.3. The van der Waals surface area contributed by atoms with E-state index in [0.29, 0.717) is 11.5 Å². The zero-order valence-electron chi connectivity index (χ0n) is 10.8. The van der Waals surface area contributed by atoms with E-state index < -0.39 is 0 Å². The van der Waals surface area contributed by atoms with Gasteiger partial charge in [-0.1, -0.05) is 32.1 Å². The topological polar surface area (TPSA) is 37.3 Å². The molecule has 1 N–H and O–H groups in total. The maximum Gasteiger partial charge on any atom is 0.164 e. The minimum absolute atomic E-state index is 0.00738. The predicted octanol–water partition coefficient (Wildman–Crippen LogP) is 2.88. The van der Waals surface area contributed by atoms with Crippen molar-refractivity contribution in [1.82, 2.24) is 0 Å². The van der Waals surface area contributed by atoms with Crippen molar-refractivity contribution in [1.29, 1.82) is 0 Å². The number of Topliss-reactive ketones (excluding diaryl/α,β-unsaturated/α-hetero) is 1. The monoisotopic (exact) mass is 234 g/mol. The summed E-state index contributed by atoms with van der Waals surface area (Å²) < 4.78 is 0. The van der Waals surface area contributed by atoms with Gasteiger partial charge in [-0.15, -0.1) is 0 Å². The maximum atomic E-state index is 12.3. The number of aliphatic hydroxyl groups excluding tert-OH is 1. The Balaban J connectivity index is 2.32. The Morgan fingerprint density at radius 3 is 2.94 bits per heavy atom. The predicted molar refractivity (Wildman–Crippen MR) is 68.5 cm³/mol. The van der Waals surface area contributed by atoms with Crippen LogP contribution >= 0.6 is 0 Å². The number of rotatable bonds is 3. The molecule has 1 saturated carbocycles. The molecular formula is C15H22O2. The fourth-order valence-corrected chi connectivity index (χ4v) is 3.61. The number of hydrogen-bond donors (Lipinski definition) is 1. The lowest BCUT2D eigenvalue weighted by atomic mass is 9.62. The van der Waals surface area contributed by atoms with Gasteiger partial charge in [0.1, 0.15) is 0 Å². The number of ketones is 1. The van der Waals surface area contributed by atoms with E-state index in [4.69, 9.17) is 5.11 Å². The van der Waals surface area contributed by atoms with Crippen LogP contribution in [-0.4, -0.2) is 17.5 Å². The van der Waals surface area contributed by atoms with Crippen molar-refractivity contribution in [2.24, 2.45) is 17.3 Å². The Bertz CT molecular complexity index is 380. The van der Waals surface area contributed by atoms with Gasteiger partial charge in [-0.25, -0.2) is 0 Å². The van der Waals surface area contributed by atoms with Crippen LogP contribution in [0, 0.1) is 17.3 Å². The van der Waals surface area contributed by atoms with Gasteiger partial charge in [0, 0.05) is 16.9 Å². The zero-order valence-corrected chi connectivity index (χ0v) is 10.8. The van der Waals surface area contributed by atoms with Crippen LogP contribution in [-0.2, 0) is 4.79 Å². The molecule has 1 fully saturated rings. The molecule has 0 spiro atoms. The summed E-state index contributed by atoms with van der Waals surface area (Å²) in [5.41, 5.74) is 1.84. The average molecular weight is 234 g/mol. The third-order valence-corrected chi connectivity index (χ3v) is 4.99. The van der Waals surface area contributed by atoms with Crippen LogP contribution in [0.4, 0.5) is 0 Å². The van der Waals surface area contributed by atoms with Gasteiger partial charge in [0.25, 0.3) is 0 Å². The number of carbonyl (C=O) groups is 1. The second-order valence-electron chi connectivity index (χ2n) is 5.71. The molecule has 2 nitrogen and oxygen atoms in total. The summed E-state index contributed by atoms with van der Waals surface area (Å²) in [5, 5.41) is 9.08. The van der Waals surface area contributed by atoms with Crippen LogP contribution in [0.2, 0.25) is 0 Å². The number of fused-ring (bicyclic) bond motifs is 1. The Morgan fingerprint density at radius 1 is 1.59 bits per heavy atom. The lowest BCUT2D eigenvalue weighted by molar-refractivity contribution is -0.123. The minimum atomic E-state index is -0.209. The maximum absolute atomic E-state index is 12.3. The lowest BCUT2D eigenvalue weighted by Gasteiger charge is -2.41. The second kappa shape index (κ2) is 4.41. The van der Waals surface area contributed by atoms with Crippen molar-refractivity contribution < 1.29 is 9.90 Å². The highest BCUT2D eigenvalue weighted by molar-refractivity contribution is 5.98. The summed E-state index contributed by atoms with van der Waals surface area (Å²) in [6, 6.07) is 0. The van der Waals surface area contributed by atoms with E-state index in [0.717, 1.165) is 25.7 Å². The fraction of sp³-hybridized carbons (Fsp3) is 0.667. The summed E-state index contributed by atoms with van der Waals surface area (Å²) >= 11 is 0. The minimum Gasteiger partial charge on any atom is -0.392 e. The summed E-state index contributed by atoms with van der Waals surface area (Å²) in [5.74, 6) is 0.654. The molecule has 0 aromatic rings. The smallest absolute Gasteiger partial charge is 0.164 e. The SMILES string of the molecule is C=C(CO)C(=O)[C@H]1CCC2=CCC[C@H](C)[C@]21C. The first-order valence-corrected chi connectivity index (χ1v) is 6.54. The molecule has 0 amide bonds. The molecule has 17 heavy (non-hydrogen) atoms. The molecule has 0 aromatic carbocycles. The van der Waals surface area contributed by atoms with Crippen molar-refractivity contribution in [2.45, 2.75) is 39.5 Å². The van der Waals surface area contributed by atoms with E-state index in [1.807, 2.05) is 0 Å². The molecule has 3 atom stereocenters. The van der Waals surface area contributed by atoms with Crippen LogP contribution in [0.3, 0.4) is 0 Å². The third-order valence-electron chi connectivity index (χ3n) is 4.99. The van der Waals surface area contributed by atoms with Gasteiger partial charge < -0.3 is 5.11 Å². The molecule has 0 unspecified atom stereocenters. The molecule has 0 bridgehead atoms. The molecule has 2 aliphatic carbocycles. The molecule has 94 valence electrons. The van der Waals surface area contributed by atoms with E-state index in [1.165, 1.54) is 5.57 Å². The van der Waals surface area contributed by atoms with Crippen molar-refractivity contribution >= 4 is 5.78 Å². The van der Waals surface area contributed by atoms with Gasteiger partial charge in [0.05, 0.1) is 6.61 Å². The van der Waals surface area contributed by atoms with Gasteiger partial charge in [0.2, 0.25) is 0 Å². The first kappa shape index (κ1) is 12.6. The summed E-state index contributed by atoms with van der Waals surface area (Å²) in [6.45, 7) is 7.96. The van der Waals surface area contributed by atoms with Gasteiger partial charge >= 0.3 is 0 Å². The number of allylic oxidation sites excluding steroid dienone is 2. The molecular weight excluding hydrogens is 212 g/mol. The lowest BCUT2D eigenvalue weighted by Crippen LogP contribution is -2.38. The highest BCUT2D eigenvalue weighted by Crippen LogP contribution is 2.56. The van der Waals surface area contributed by atoms with Gasteiger partial charge in [-0.3, -0.25) is 4.79 Å². The van der Waals surface area contributed by atoms with Gasteiger partial charge in [0.15, 0.2) is 5.78 Å². The highest BCUT2D eigenvalue weighted by Gasteiger charge is 2.50. The largest absolute Gasteiger partial charge is 0.392 e. The number of carbonyl (C=O) groups excluding carboxylic acids is 1. The quantitative estimate of drug-likeness (QED) is 0.602. The van der Waals surface area contributed by atoms with E-state index in [1.54, 1.807) is 0 Å². The average Bonchev–Trinajstić information content (AvgIpc) is 2.67. The fourth-order valence-electron chi connectivity index (χ4n) is 3.61. The molecule has 2 rings (SSSR count). The normalized spacial score (nSPS) is 36.3. The molecule has 0 saturated heterocycles. The first-order chi connectivity index (χ1) is 8.01. The molecule has 0 heterocycles. The van der Waals surface area contributed by atoms with Crippen molar-refractivity contribution in [2.75, 3.05) is 6.61 Å². The first-order valence-electron chi connectivity index (χ1n) is 6.54. The Kier molecular flexibility index (Phi) is 3.26. The molecule has 2 heteroatoms. The van der Waals surface area contributed by atoms with Crippen molar-refractivity contribution in [3.8, 4) is 0 Å². The number of hydrogen-bond acceptors (Lipinski definition) is 2. The molecule has 0 aromatic heterocycles. The van der Waals surface area contributed by atoms with E-state index in [9.17, 15) is 4.79 Å². The zero-order chi connectivity index (χ0) is 12.6. The standard InChI is InChI=1S/C15H22O2/c1-10(9-16)14(17)13-8-7-12-6-4-5-11(2)15(12,13)3/h6,11,13,16H,1,4-5,7-9H2,2-3H3/t11-,13+,15+/m0/s1. The van der Waals surface area contributed by atoms with E-state index in [2.05, 4.69) is 26.5 Å². The van der Waals surface area contributed by atoms with Crippen LogP contribution in [0.5, 0.6) is 0 Å². The summed E-state index contributed by atoms with van der Waals surface area (Å²) in [7, 11) is 0.